The Morgan fingerprint density at radius 3 is 3.00 bits per heavy atom. The molecule has 0 spiro atoms. The van der Waals surface area contributed by atoms with Gasteiger partial charge in [0.2, 0.25) is 5.91 Å². The zero-order valence-corrected chi connectivity index (χ0v) is 9.92. The number of rotatable bonds is 6. The number of hydrogen-bond acceptors (Lipinski definition) is 3. The van der Waals surface area contributed by atoms with Gasteiger partial charge in [0.15, 0.2) is 0 Å². The third kappa shape index (κ3) is 3.66. The normalized spacial score (nSPS) is 12.4. The zero-order chi connectivity index (χ0) is 12.0. The number of aromatic amines is 1. The summed E-state index contributed by atoms with van der Waals surface area (Å²) >= 11 is 0. The van der Waals surface area contributed by atoms with Crippen LogP contribution < -0.4 is 11.1 Å². The third-order valence-corrected chi connectivity index (χ3v) is 2.66. The Balaban J connectivity index is 2.17. The van der Waals surface area contributed by atoms with Gasteiger partial charge in [0.25, 0.3) is 0 Å². The van der Waals surface area contributed by atoms with Crippen LogP contribution in [0.5, 0.6) is 0 Å². The van der Waals surface area contributed by atoms with Crippen LogP contribution in [0.15, 0.2) is 6.20 Å². The molecule has 16 heavy (non-hydrogen) atoms. The summed E-state index contributed by atoms with van der Waals surface area (Å²) in [5.41, 5.74) is 7.71. The average Bonchev–Trinajstić information content (AvgIpc) is 2.69. The molecule has 0 unspecified atom stereocenters. The van der Waals surface area contributed by atoms with Gasteiger partial charge >= 0.3 is 0 Å². The molecule has 1 heterocycles. The van der Waals surface area contributed by atoms with E-state index >= 15 is 0 Å². The van der Waals surface area contributed by atoms with Gasteiger partial charge in [0.1, 0.15) is 0 Å². The third-order valence-electron chi connectivity index (χ3n) is 2.66. The molecule has 0 radical (unpaired) electrons. The van der Waals surface area contributed by atoms with Crippen LogP contribution in [0.4, 0.5) is 0 Å². The van der Waals surface area contributed by atoms with E-state index in [9.17, 15) is 4.79 Å². The minimum atomic E-state index is -0.101. The predicted octanol–water partition coefficient (Wildman–Crippen LogP) is 0.362. The standard InChI is InChI=1S/C11H20N4O/c1-8(6-12)11(16)13-5-3-4-10-7-14-15-9(10)2/h7-8H,3-6,12H2,1-2H3,(H,13,16)(H,14,15)/t8-/m0/s1. The van der Waals surface area contributed by atoms with Gasteiger partial charge < -0.3 is 11.1 Å². The lowest BCUT2D eigenvalue weighted by molar-refractivity contribution is -0.124. The maximum absolute atomic E-state index is 11.4. The van der Waals surface area contributed by atoms with Gasteiger partial charge in [-0.25, -0.2) is 0 Å². The molecule has 0 aliphatic heterocycles. The lowest BCUT2D eigenvalue weighted by atomic mass is 10.1. The Morgan fingerprint density at radius 1 is 1.69 bits per heavy atom. The number of hydrogen-bond donors (Lipinski definition) is 3. The highest BCUT2D eigenvalue weighted by Crippen LogP contribution is 2.05. The first-order valence-electron chi connectivity index (χ1n) is 5.61. The summed E-state index contributed by atoms with van der Waals surface area (Å²) in [6.07, 6.45) is 3.68. The van der Waals surface area contributed by atoms with Gasteiger partial charge in [0.05, 0.1) is 6.20 Å². The van der Waals surface area contributed by atoms with Gasteiger partial charge in [-0.15, -0.1) is 0 Å². The minimum absolute atomic E-state index is 0.0337. The molecule has 0 aliphatic carbocycles. The predicted molar refractivity (Wildman–Crippen MR) is 62.9 cm³/mol. The molecule has 90 valence electrons. The molecule has 5 heteroatoms. The number of nitrogens with zero attached hydrogens (tertiary/aromatic N) is 1. The van der Waals surface area contributed by atoms with E-state index in [1.165, 1.54) is 5.56 Å². The van der Waals surface area contributed by atoms with Crippen molar-refractivity contribution in [2.45, 2.75) is 26.7 Å². The number of carbonyl (C=O) groups is 1. The molecular weight excluding hydrogens is 204 g/mol. The van der Waals surface area contributed by atoms with E-state index < -0.39 is 0 Å². The molecule has 1 rings (SSSR count). The molecule has 0 saturated carbocycles. The van der Waals surface area contributed by atoms with Crippen molar-refractivity contribution in [2.24, 2.45) is 11.7 Å². The molecule has 1 atom stereocenters. The highest BCUT2D eigenvalue weighted by Gasteiger charge is 2.09. The van der Waals surface area contributed by atoms with Crippen molar-refractivity contribution >= 4 is 5.91 Å². The Bertz CT molecular complexity index is 334. The smallest absolute Gasteiger partial charge is 0.224 e. The number of H-pyrrole nitrogens is 1. The summed E-state index contributed by atoms with van der Waals surface area (Å²) in [7, 11) is 0. The highest BCUT2D eigenvalue weighted by atomic mass is 16.1. The zero-order valence-electron chi connectivity index (χ0n) is 9.92. The Hall–Kier alpha value is -1.36. The first-order chi connectivity index (χ1) is 7.65. The summed E-state index contributed by atoms with van der Waals surface area (Å²) in [6.45, 7) is 4.91. The molecule has 0 aliphatic rings. The van der Waals surface area contributed by atoms with E-state index in [2.05, 4.69) is 15.5 Å². The van der Waals surface area contributed by atoms with Gasteiger partial charge in [-0.1, -0.05) is 6.92 Å². The van der Waals surface area contributed by atoms with E-state index in [1.807, 2.05) is 20.0 Å². The fraction of sp³-hybridized carbons (Fsp3) is 0.636. The molecule has 0 bridgehead atoms. The van der Waals surface area contributed by atoms with Crippen LogP contribution in [-0.4, -0.2) is 29.2 Å². The second kappa shape index (κ2) is 6.27. The topological polar surface area (TPSA) is 83.8 Å². The number of carbonyl (C=O) groups excluding carboxylic acids is 1. The molecule has 4 N–H and O–H groups in total. The van der Waals surface area contributed by atoms with Crippen molar-refractivity contribution < 1.29 is 4.79 Å². The van der Waals surface area contributed by atoms with Gasteiger partial charge in [-0.3, -0.25) is 9.89 Å². The lowest BCUT2D eigenvalue weighted by Crippen LogP contribution is -2.33. The molecule has 5 nitrogen and oxygen atoms in total. The maximum atomic E-state index is 11.4. The highest BCUT2D eigenvalue weighted by molar-refractivity contribution is 5.78. The van der Waals surface area contributed by atoms with E-state index in [0.717, 1.165) is 18.5 Å². The fourth-order valence-electron chi connectivity index (χ4n) is 1.40. The first-order valence-corrected chi connectivity index (χ1v) is 5.61. The summed E-state index contributed by atoms with van der Waals surface area (Å²) in [4.78, 5) is 11.4. The largest absolute Gasteiger partial charge is 0.356 e. The molecular formula is C11H20N4O. The van der Waals surface area contributed by atoms with Crippen LogP contribution in [0.25, 0.3) is 0 Å². The molecule has 1 amide bonds. The van der Waals surface area contributed by atoms with Crippen molar-refractivity contribution in [1.82, 2.24) is 15.5 Å². The molecule has 1 aromatic heterocycles. The Labute approximate surface area is 95.8 Å². The van der Waals surface area contributed by atoms with Crippen LogP contribution in [0.3, 0.4) is 0 Å². The van der Waals surface area contributed by atoms with E-state index in [0.29, 0.717) is 13.1 Å². The van der Waals surface area contributed by atoms with Gasteiger partial charge in [0, 0.05) is 24.7 Å². The summed E-state index contributed by atoms with van der Waals surface area (Å²) in [6, 6.07) is 0. The molecule has 1 aromatic rings. The van der Waals surface area contributed by atoms with Crippen molar-refractivity contribution in [3.8, 4) is 0 Å². The average molecular weight is 224 g/mol. The van der Waals surface area contributed by atoms with E-state index in [-0.39, 0.29) is 11.8 Å². The van der Waals surface area contributed by atoms with Crippen molar-refractivity contribution in [1.29, 1.82) is 0 Å². The lowest BCUT2D eigenvalue weighted by Gasteiger charge is -2.09. The first kappa shape index (κ1) is 12.7. The quantitative estimate of drug-likeness (QED) is 0.610. The molecule has 0 saturated heterocycles. The van der Waals surface area contributed by atoms with Crippen LogP contribution in [0.2, 0.25) is 0 Å². The van der Waals surface area contributed by atoms with Crippen LogP contribution >= 0.6 is 0 Å². The second-order valence-electron chi connectivity index (χ2n) is 4.05. The van der Waals surface area contributed by atoms with Gasteiger partial charge in [-0.2, -0.15) is 5.10 Å². The summed E-state index contributed by atoms with van der Waals surface area (Å²) < 4.78 is 0. The summed E-state index contributed by atoms with van der Waals surface area (Å²) in [5, 5.41) is 9.71. The number of nitrogens with two attached hydrogens (primary N) is 1. The monoisotopic (exact) mass is 224 g/mol. The molecule has 0 fully saturated rings. The maximum Gasteiger partial charge on any atom is 0.224 e. The van der Waals surface area contributed by atoms with Crippen molar-refractivity contribution in [3.05, 3.63) is 17.5 Å². The van der Waals surface area contributed by atoms with Crippen molar-refractivity contribution in [2.75, 3.05) is 13.1 Å². The Kier molecular flexibility index (Phi) is 4.98. The van der Waals surface area contributed by atoms with E-state index in [1.54, 1.807) is 0 Å². The number of amides is 1. The fourth-order valence-corrected chi connectivity index (χ4v) is 1.40. The Morgan fingerprint density at radius 2 is 2.44 bits per heavy atom. The number of aromatic nitrogens is 2. The summed E-state index contributed by atoms with van der Waals surface area (Å²) in [5.74, 6) is -0.0675. The van der Waals surface area contributed by atoms with Gasteiger partial charge in [-0.05, 0) is 25.3 Å². The van der Waals surface area contributed by atoms with Crippen LogP contribution in [0, 0.1) is 12.8 Å². The SMILES string of the molecule is Cc1[nH]ncc1CCCNC(=O)[C@@H](C)CN. The number of aryl methyl sites for hydroxylation is 2. The molecule has 0 aromatic carbocycles. The minimum Gasteiger partial charge on any atom is -0.356 e. The van der Waals surface area contributed by atoms with Crippen LogP contribution in [-0.2, 0) is 11.2 Å². The van der Waals surface area contributed by atoms with Crippen molar-refractivity contribution in [3.63, 3.8) is 0 Å². The number of nitrogens with one attached hydrogen (secondary N) is 2. The van der Waals surface area contributed by atoms with E-state index in [4.69, 9.17) is 5.73 Å². The van der Waals surface area contributed by atoms with Crippen LogP contribution in [0.1, 0.15) is 24.6 Å². The second-order valence-corrected chi connectivity index (χ2v) is 4.05.